The molecule has 0 aromatic carbocycles. The Morgan fingerprint density at radius 2 is 0.859 bits per heavy atom. The third-order valence-corrected chi connectivity index (χ3v) is 11.4. The second-order valence-corrected chi connectivity index (χ2v) is 18.0. The third kappa shape index (κ3) is 45.5. The van der Waals surface area contributed by atoms with Gasteiger partial charge in [0.25, 0.3) is 0 Å². The lowest BCUT2D eigenvalue weighted by atomic mass is 10.0. The molecule has 0 rings (SSSR count). The third-order valence-electron chi connectivity index (χ3n) is 10.4. The Balaban J connectivity index is 4.37. The molecule has 0 aromatic rings. The van der Waals surface area contributed by atoms with Gasteiger partial charge in [0.15, 0.2) is 6.10 Å². The van der Waals surface area contributed by atoms with Crippen LogP contribution in [-0.2, 0) is 37.5 Å². The summed E-state index contributed by atoms with van der Waals surface area (Å²) in [6.45, 7) is 2.71. The van der Waals surface area contributed by atoms with Gasteiger partial charge in [0, 0.05) is 12.8 Å². The van der Waals surface area contributed by atoms with Gasteiger partial charge in [0.2, 0.25) is 0 Å². The average Bonchev–Trinajstić information content (AvgIpc) is 3.27. The van der Waals surface area contributed by atoms with E-state index in [2.05, 4.69) is 79.1 Å². The van der Waals surface area contributed by atoms with Gasteiger partial charge in [0.05, 0.1) is 13.2 Å². The Labute approximate surface area is 389 Å². The molecule has 0 aromatic heterocycles. The van der Waals surface area contributed by atoms with E-state index in [9.17, 15) is 23.8 Å². The van der Waals surface area contributed by atoms with Crippen LogP contribution in [0, 0.1) is 0 Å². The molecule has 0 radical (unpaired) electrons. The average molecular weight is 920 g/mol. The van der Waals surface area contributed by atoms with Gasteiger partial charge in [-0.15, -0.1) is 0 Å². The zero-order chi connectivity index (χ0) is 47.0. The standard InChI is InChI=1S/C52H90NO10P/c1-3-5-7-9-11-13-15-17-19-21-23-24-26-27-29-31-33-35-37-39-41-43-50(54)60-45-48(46-61-64(58,59)62-47-49(53)52(56)57)63-51(55)44-42-40-38-36-34-32-30-28-25-22-20-18-16-14-12-10-8-6-4-2/h12,14,17-20,25,28,32,34,38,40,48-49H,3-11,13,15-16,21-24,26-27,29-31,33,35-37,39,41-47,53H2,1-2H3,(H,56,57)(H,58,59)/b14-12+,19-17+,20-18+,28-25+,34-32+,40-38+/t48-,49+/m1/s1. The summed E-state index contributed by atoms with van der Waals surface area (Å²) in [4.78, 5) is 46.1. The summed E-state index contributed by atoms with van der Waals surface area (Å²) in [5.74, 6) is -2.49. The molecule has 0 spiro atoms. The van der Waals surface area contributed by atoms with E-state index in [1.165, 1.54) is 116 Å². The maximum absolute atomic E-state index is 12.6. The number of hydrogen-bond acceptors (Lipinski definition) is 9. The van der Waals surface area contributed by atoms with Crippen LogP contribution in [0.25, 0.3) is 0 Å². The molecule has 64 heavy (non-hydrogen) atoms. The molecule has 11 nitrogen and oxygen atoms in total. The second kappa shape index (κ2) is 46.4. The molecule has 0 saturated heterocycles. The molecule has 0 fully saturated rings. The van der Waals surface area contributed by atoms with E-state index in [4.69, 9.17) is 24.8 Å². The lowest BCUT2D eigenvalue weighted by molar-refractivity contribution is -0.161. The Bertz CT molecular complexity index is 1360. The Morgan fingerprint density at radius 3 is 1.34 bits per heavy atom. The lowest BCUT2D eigenvalue weighted by Crippen LogP contribution is -2.34. The van der Waals surface area contributed by atoms with Gasteiger partial charge >= 0.3 is 25.7 Å². The zero-order valence-corrected chi connectivity index (χ0v) is 41.0. The minimum atomic E-state index is -4.74. The van der Waals surface area contributed by atoms with Gasteiger partial charge < -0.3 is 25.2 Å². The first-order chi connectivity index (χ1) is 31.1. The van der Waals surface area contributed by atoms with E-state index in [1.807, 2.05) is 12.2 Å². The Morgan fingerprint density at radius 1 is 0.484 bits per heavy atom. The van der Waals surface area contributed by atoms with Crippen LogP contribution in [0.15, 0.2) is 72.9 Å². The van der Waals surface area contributed by atoms with Crippen LogP contribution >= 0.6 is 7.82 Å². The van der Waals surface area contributed by atoms with E-state index < -0.39 is 51.1 Å². The summed E-state index contributed by atoms with van der Waals surface area (Å²) in [5, 5.41) is 8.91. The first-order valence-corrected chi connectivity index (χ1v) is 26.5. The summed E-state index contributed by atoms with van der Waals surface area (Å²) >= 11 is 0. The monoisotopic (exact) mass is 920 g/mol. The molecule has 3 atom stereocenters. The van der Waals surface area contributed by atoms with E-state index in [1.54, 1.807) is 0 Å². The molecule has 368 valence electrons. The molecule has 0 heterocycles. The number of hydrogen-bond donors (Lipinski definition) is 3. The van der Waals surface area contributed by atoms with Crippen molar-refractivity contribution < 1.29 is 47.5 Å². The highest BCUT2D eigenvalue weighted by Gasteiger charge is 2.28. The fourth-order valence-corrected chi connectivity index (χ4v) is 7.29. The molecular weight excluding hydrogens is 830 g/mol. The molecule has 0 aliphatic rings. The van der Waals surface area contributed by atoms with Crippen LogP contribution < -0.4 is 5.73 Å². The Kier molecular flexibility index (Phi) is 44.2. The number of allylic oxidation sites excluding steroid dienone is 12. The molecular formula is C52H90NO10P. The van der Waals surface area contributed by atoms with Crippen molar-refractivity contribution in [2.75, 3.05) is 19.8 Å². The van der Waals surface area contributed by atoms with Crippen molar-refractivity contribution in [1.82, 2.24) is 0 Å². The van der Waals surface area contributed by atoms with Gasteiger partial charge in [-0.3, -0.25) is 23.4 Å². The number of carboxylic acids is 1. The number of phosphoric acid groups is 1. The molecule has 0 bridgehead atoms. The van der Waals surface area contributed by atoms with E-state index in [0.717, 1.165) is 51.4 Å². The highest BCUT2D eigenvalue weighted by molar-refractivity contribution is 7.47. The quantitative estimate of drug-likeness (QED) is 0.0230. The summed E-state index contributed by atoms with van der Waals surface area (Å²) < 4.78 is 32.7. The Hall–Kier alpha value is -3.08. The number of phosphoric ester groups is 1. The van der Waals surface area contributed by atoms with Crippen LogP contribution in [0.1, 0.15) is 206 Å². The molecule has 12 heteroatoms. The highest BCUT2D eigenvalue weighted by Crippen LogP contribution is 2.43. The van der Waals surface area contributed by atoms with E-state index in [0.29, 0.717) is 12.8 Å². The molecule has 1 unspecified atom stereocenters. The van der Waals surface area contributed by atoms with Crippen molar-refractivity contribution >= 4 is 25.7 Å². The topological polar surface area (TPSA) is 172 Å². The molecule has 0 aliphatic heterocycles. The summed E-state index contributed by atoms with van der Waals surface area (Å²) in [5.41, 5.74) is 5.34. The number of ether oxygens (including phenoxy) is 2. The summed E-state index contributed by atoms with van der Waals surface area (Å²) in [6.07, 6.45) is 56.9. The second-order valence-electron chi connectivity index (χ2n) is 16.6. The maximum atomic E-state index is 12.6. The minimum absolute atomic E-state index is 0.0353. The summed E-state index contributed by atoms with van der Waals surface area (Å²) in [7, 11) is -4.74. The number of esters is 2. The van der Waals surface area contributed by atoms with Gasteiger partial charge in [0.1, 0.15) is 12.6 Å². The smallest absolute Gasteiger partial charge is 0.472 e. The molecule has 0 amide bonds. The summed E-state index contributed by atoms with van der Waals surface area (Å²) in [6, 6.07) is -1.54. The van der Waals surface area contributed by atoms with Crippen LogP contribution in [-0.4, -0.2) is 59.9 Å². The predicted molar refractivity (Wildman–Crippen MR) is 263 cm³/mol. The van der Waals surface area contributed by atoms with Gasteiger partial charge in [-0.05, 0) is 77.0 Å². The van der Waals surface area contributed by atoms with Crippen molar-refractivity contribution in [3.63, 3.8) is 0 Å². The SMILES string of the molecule is CCCCC/C=C/C/C=C/C/C=C/C/C=C/C/C=C/CCC(=O)O[C@H](COC(=O)CCCCCCCCCCCCC/C=C/CCCCCCCC)COP(=O)(O)OC[C@H](N)C(=O)O. The van der Waals surface area contributed by atoms with Gasteiger partial charge in [-0.2, -0.15) is 0 Å². The number of carbonyl (C=O) groups excluding carboxylic acids is 2. The first kappa shape index (κ1) is 60.9. The normalized spacial score (nSPS) is 14.2. The van der Waals surface area contributed by atoms with Crippen LogP contribution in [0.4, 0.5) is 0 Å². The fourth-order valence-electron chi connectivity index (χ4n) is 6.51. The molecule has 0 aliphatic carbocycles. The van der Waals surface area contributed by atoms with Gasteiger partial charge in [-0.1, -0.05) is 189 Å². The van der Waals surface area contributed by atoms with Crippen molar-refractivity contribution in [3.8, 4) is 0 Å². The number of aliphatic carboxylic acids is 1. The fraction of sp³-hybridized carbons (Fsp3) is 0.712. The van der Waals surface area contributed by atoms with Crippen molar-refractivity contribution in [2.45, 2.75) is 219 Å². The number of carbonyl (C=O) groups is 3. The number of nitrogens with two attached hydrogens (primary N) is 1. The largest absolute Gasteiger partial charge is 0.480 e. The first-order valence-electron chi connectivity index (χ1n) is 25.0. The van der Waals surface area contributed by atoms with Crippen molar-refractivity contribution in [3.05, 3.63) is 72.9 Å². The van der Waals surface area contributed by atoms with Crippen LogP contribution in [0.5, 0.6) is 0 Å². The van der Waals surface area contributed by atoms with E-state index in [-0.39, 0.29) is 19.4 Å². The zero-order valence-electron chi connectivity index (χ0n) is 40.1. The number of unbranched alkanes of at least 4 members (excludes halogenated alkanes) is 20. The molecule has 4 N–H and O–H groups in total. The minimum Gasteiger partial charge on any atom is -0.480 e. The van der Waals surface area contributed by atoms with Crippen LogP contribution in [0.3, 0.4) is 0 Å². The predicted octanol–water partition coefficient (Wildman–Crippen LogP) is 14.1. The number of carboxylic acid groups (broad SMARTS) is 1. The van der Waals surface area contributed by atoms with Crippen molar-refractivity contribution in [2.24, 2.45) is 5.73 Å². The maximum Gasteiger partial charge on any atom is 0.472 e. The number of rotatable bonds is 46. The van der Waals surface area contributed by atoms with Gasteiger partial charge in [-0.25, -0.2) is 4.57 Å². The van der Waals surface area contributed by atoms with Crippen LogP contribution in [0.2, 0.25) is 0 Å². The lowest BCUT2D eigenvalue weighted by Gasteiger charge is -2.20. The molecule has 0 saturated carbocycles. The van der Waals surface area contributed by atoms with E-state index >= 15 is 0 Å². The highest BCUT2D eigenvalue weighted by atomic mass is 31.2. The van der Waals surface area contributed by atoms with Crippen molar-refractivity contribution in [1.29, 1.82) is 0 Å².